The zero-order valence-corrected chi connectivity index (χ0v) is 11.1. The fourth-order valence-electron chi connectivity index (χ4n) is 1.82. The lowest BCUT2D eigenvalue weighted by atomic mass is 10.1. The van der Waals surface area contributed by atoms with Crippen molar-refractivity contribution in [1.82, 2.24) is 0 Å². The molecule has 0 bridgehead atoms. The molecule has 4 heteroatoms. The Balaban J connectivity index is 0.000000583. The molecule has 1 fully saturated rings. The van der Waals surface area contributed by atoms with Crippen molar-refractivity contribution in [3.8, 4) is 0 Å². The molecule has 1 N–H and O–H groups in total. The second kappa shape index (κ2) is 5.76. The van der Waals surface area contributed by atoms with Crippen LogP contribution in [0.25, 0.3) is 0 Å². The maximum absolute atomic E-state index is 10.7. The lowest BCUT2D eigenvalue weighted by Gasteiger charge is -1.96. The smallest absolute Gasteiger partial charge is 0.307 e. The minimum absolute atomic E-state index is 0.0386. The number of aliphatic carboxylic acids is 1. The summed E-state index contributed by atoms with van der Waals surface area (Å²) in [6.45, 7) is 8.03. The third-order valence-electron chi connectivity index (χ3n) is 2.69. The number of allylic oxidation sites excluding steroid dienone is 2. The molecule has 0 spiro atoms. The highest BCUT2D eigenvalue weighted by Crippen LogP contribution is 2.59. The van der Waals surface area contributed by atoms with Crippen molar-refractivity contribution in [2.45, 2.75) is 27.7 Å². The van der Waals surface area contributed by atoms with E-state index < -0.39 is 5.97 Å². The van der Waals surface area contributed by atoms with Crippen LogP contribution in [0.5, 0.6) is 0 Å². The summed E-state index contributed by atoms with van der Waals surface area (Å²) in [5, 5.41) is 9.04. The molecule has 0 aromatic rings. The molecule has 0 aromatic carbocycles. The fourth-order valence-corrected chi connectivity index (χ4v) is 1.82. The molecular weight excluding hydrogens is 235 g/mol. The summed E-state index contributed by atoms with van der Waals surface area (Å²) in [6, 6.07) is 0. The SMILES string of the molecule is CC(C)=CC1C(C(=O)O)C1(C)C.ClCCl. The number of hydrogen-bond acceptors (Lipinski definition) is 1. The van der Waals surface area contributed by atoms with Crippen molar-refractivity contribution >= 4 is 29.2 Å². The van der Waals surface area contributed by atoms with E-state index in [1.807, 2.05) is 27.7 Å². The molecule has 2 nitrogen and oxygen atoms in total. The predicted octanol–water partition coefficient (Wildman–Crippen LogP) is 3.73. The highest BCUT2D eigenvalue weighted by molar-refractivity contribution is 6.40. The van der Waals surface area contributed by atoms with E-state index in [1.54, 1.807) is 0 Å². The number of carboxylic acids is 1. The molecule has 1 rings (SSSR count). The Morgan fingerprint density at radius 1 is 1.40 bits per heavy atom. The van der Waals surface area contributed by atoms with E-state index in [9.17, 15) is 4.79 Å². The molecule has 15 heavy (non-hydrogen) atoms. The van der Waals surface area contributed by atoms with Crippen LogP contribution < -0.4 is 0 Å². The summed E-state index contributed by atoms with van der Waals surface area (Å²) in [6.07, 6.45) is 2.07. The zero-order valence-electron chi connectivity index (χ0n) is 9.55. The highest BCUT2D eigenvalue weighted by Gasteiger charge is 2.60. The van der Waals surface area contributed by atoms with E-state index >= 15 is 0 Å². The average molecular weight is 253 g/mol. The second-order valence-corrected chi connectivity index (χ2v) is 5.32. The normalized spacial score (nSPS) is 26.0. The van der Waals surface area contributed by atoms with Gasteiger partial charge in [0.1, 0.15) is 0 Å². The van der Waals surface area contributed by atoms with Crippen LogP contribution >= 0.6 is 23.2 Å². The van der Waals surface area contributed by atoms with E-state index in [0.717, 1.165) is 0 Å². The fraction of sp³-hybridized carbons (Fsp3) is 0.727. The molecule has 2 unspecified atom stereocenters. The largest absolute Gasteiger partial charge is 0.481 e. The van der Waals surface area contributed by atoms with Crippen molar-refractivity contribution in [3.05, 3.63) is 11.6 Å². The summed E-state index contributed by atoms with van der Waals surface area (Å²) in [4.78, 5) is 10.7. The molecular formula is C11H18Cl2O2. The van der Waals surface area contributed by atoms with Crippen LogP contribution in [0.15, 0.2) is 11.6 Å². The number of hydrogen-bond donors (Lipinski definition) is 1. The van der Waals surface area contributed by atoms with E-state index in [0.29, 0.717) is 0 Å². The molecule has 0 aromatic heterocycles. The van der Waals surface area contributed by atoms with Crippen LogP contribution in [-0.4, -0.2) is 16.4 Å². The molecule has 1 aliphatic carbocycles. The third-order valence-corrected chi connectivity index (χ3v) is 2.69. The Labute approximate surface area is 101 Å². The molecule has 2 atom stereocenters. The minimum Gasteiger partial charge on any atom is -0.481 e. The van der Waals surface area contributed by atoms with Crippen LogP contribution in [0.3, 0.4) is 0 Å². The standard InChI is InChI=1S/C10H16O2.CH2Cl2/c1-6(2)5-7-8(9(11)12)10(7,3)4;2-1-3/h5,7-8H,1-4H3,(H,11,12);1H2. The Morgan fingerprint density at radius 3 is 2.00 bits per heavy atom. The van der Waals surface area contributed by atoms with Crippen LogP contribution in [0, 0.1) is 17.3 Å². The van der Waals surface area contributed by atoms with Gasteiger partial charge in [-0.2, -0.15) is 0 Å². The van der Waals surface area contributed by atoms with Crippen molar-refractivity contribution in [2.75, 3.05) is 5.34 Å². The Bertz CT molecular complexity index is 255. The average Bonchev–Trinajstić information content (AvgIpc) is 2.52. The minimum atomic E-state index is -0.664. The highest BCUT2D eigenvalue weighted by atomic mass is 35.5. The lowest BCUT2D eigenvalue weighted by Crippen LogP contribution is -2.02. The van der Waals surface area contributed by atoms with Gasteiger partial charge in [-0.15, -0.1) is 23.2 Å². The van der Waals surface area contributed by atoms with Crippen molar-refractivity contribution < 1.29 is 9.90 Å². The lowest BCUT2D eigenvalue weighted by molar-refractivity contribution is -0.139. The molecule has 0 saturated heterocycles. The van der Waals surface area contributed by atoms with Crippen LogP contribution in [0.4, 0.5) is 0 Å². The van der Waals surface area contributed by atoms with Crippen LogP contribution in [-0.2, 0) is 4.79 Å². The summed E-state index contributed by atoms with van der Waals surface area (Å²) in [5.41, 5.74) is 1.17. The summed E-state index contributed by atoms with van der Waals surface area (Å²) in [7, 11) is 0. The molecule has 1 aliphatic rings. The van der Waals surface area contributed by atoms with Gasteiger partial charge in [-0.1, -0.05) is 25.5 Å². The maximum Gasteiger partial charge on any atom is 0.307 e. The first-order valence-electron chi connectivity index (χ1n) is 4.78. The van der Waals surface area contributed by atoms with E-state index in [-0.39, 0.29) is 22.6 Å². The molecule has 88 valence electrons. The summed E-state index contributed by atoms with van der Waals surface area (Å²) < 4.78 is 0. The van der Waals surface area contributed by atoms with Crippen LogP contribution in [0.1, 0.15) is 27.7 Å². The van der Waals surface area contributed by atoms with Gasteiger partial charge in [-0.3, -0.25) is 4.79 Å². The van der Waals surface area contributed by atoms with Gasteiger partial charge in [0.25, 0.3) is 0 Å². The number of alkyl halides is 2. The van der Waals surface area contributed by atoms with Crippen molar-refractivity contribution in [3.63, 3.8) is 0 Å². The quantitative estimate of drug-likeness (QED) is 0.601. The molecule has 0 aliphatic heterocycles. The van der Waals surface area contributed by atoms with Gasteiger partial charge in [0, 0.05) is 0 Å². The first kappa shape index (κ1) is 14.8. The Kier molecular flexibility index (Phi) is 5.68. The van der Waals surface area contributed by atoms with Crippen molar-refractivity contribution in [1.29, 1.82) is 0 Å². The van der Waals surface area contributed by atoms with E-state index in [4.69, 9.17) is 28.3 Å². The van der Waals surface area contributed by atoms with Gasteiger partial charge in [-0.25, -0.2) is 0 Å². The van der Waals surface area contributed by atoms with Gasteiger partial charge in [-0.05, 0) is 25.2 Å². The summed E-state index contributed by atoms with van der Waals surface area (Å²) >= 11 is 9.53. The Hall–Kier alpha value is -0.210. The molecule has 1 saturated carbocycles. The van der Waals surface area contributed by atoms with Crippen LogP contribution in [0.2, 0.25) is 0 Å². The van der Waals surface area contributed by atoms with Gasteiger partial charge in [0.05, 0.1) is 11.3 Å². The number of halogens is 2. The van der Waals surface area contributed by atoms with Gasteiger partial charge in [0.2, 0.25) is 0 Å². The maximum atomic E-state index is 10.7. The van der Waals surface area contributed by atoms with Gasteiger partial charge in [0.15, 0.2) is 0 Å². The predicted molar refractivity (Wildman–Crippen MR) is 64.4 cm³/mol. The Morgan fingerprint density at radius 2 is 1.80 bits per heavy atom. The zero-order chi connectivity index (χ0) is 12.2. The van der Waals surface area contributed by atoms with E-state index in [1.165, 1.54) is 5.57 Å². The van der Waals surface area contributed by atoms with Gasteiger partial charge < -0.3 is 5.11 Å². The topological polar surface area (TPSA) is 37.3 Å². The second-order valence-electron chi connectivity index (χ2n) is 4.51. The molecule has 0 amide bonds. The van der Waals surface area contributed by atoms with Crippen molar-refractivity contribution in [2.24, 2.45) is 17.3 Å². The van der Waals surface area contributed by atoms with E-state index in [2.05, 4.69) is 6.08 Å². The van der Waals surface area contributed by atoms with Gasteiger partial charge >= 0.3 is 5.97 Å². The number of carbonyl (C=O) groups is 1. The first-order chi connectivity index (χ1) is 6.78. The number of rotatable bonds is 2. The molecule has 0 radical (unpaired) electrons. The first-order valence-corrected chi connectivity index (χ1v) is 5.85. The summed E-state index contributed by atoms with van der Waals surface area (Å²) in [5.74, 6) is -0.602. The number of carboxylic acid groups (broad SMARTS) is 1. The third kappa shape index (κ3) is 4.04. The molecule has 0 heterocycles. The monoisotopic (exact) mass is 252 g/mol.